The van der Waals surface area contributed by atoms with E-state index in [1.165, 1.54) is 0 Å². The smallest absolute Gasteiger partial charge is 0.161 e. The first kappa shape index (κ1) is 16.8. The Morgan fingerprint density at radius 1 is 1.12 bits per heavy atom. The van der Waals surface area contributed by atoms with E-state index in [0.29, 0.717) is 24.5 Å². The number of benzene rings is 2. The summed E-state index contributed by atoms with van der Waals surface area (Å²) in [6, 6.07) is 13.4. The molecule has 25 heavy (non-hydrogen) atoms. The zero-order chi connectivity index (χ0) is 17.8. The third-order valence-corrected chi connectivity index (χ3v) is 4.08. The van der Waals surface area contributed by atoms with Crippen molar-refractivity contribution < 1.29 is 19.4 Å². The van der Waals surface area contributed by atoms with E-state index in [9.17, 15) is 9.90 Å². The highest BCUT2D eigenvalue weighted by atomic mass is 16.5. The molecule has 0 radical (unpaired) electrons. The minimum absolute atomic E-state index is 0.0563. The summed E-state index contributed by atoms with van der Waals surface area (Å²) >= 11 is 0. The van der Waals surface area contributed by atoms with Crippen LogP contribution in [0.4, 0.5) is 0 Å². The largest absolute Gasteiger partial charge is 0.550 e. The van der Waals surface area contributed by atoms with Crippen LogP contribution < -0.4 is 14.6 Å². The molecule has 130 valence electrons. The number of methoxy groups -OCH3 is 2. The molecule has 0 amide bonds. The molecule has 3 aromatic rings. The number of hydrogen-bond donors (Lipinski definition) is 0. The van der Waals surface area contributed by atoms with Gasteiger partial charge in [-0.2, -0.15) is 0 Å². The molecule has 0 N–H and O–H groups in total. The molecule has 0 aliphatic carbocycles. The molecule has 3 rings (SSSR count). The number of rotatable bonds is 7. The summed E-state index contributed by atoms with van der Waals surface area (Å²) in [7, 11) is 3.19. The first-order valence-electron chi connectivity index (χ1n) is 7.97. The number of carbonyl (C=O) groups is 1. The number of carboxylic acid groups (broad SMARTS) is 1. The number of hydrogen-bond acceptors (Lipinski definition) is 5. The topological polar surface area (TPSA) is 76.4 Å². The van der Waals surface area contributed by atoms with Crippen molar-refractivity contribution in [3.63, 3.8) is 0 Å². The lowest BCUT2D eigenvalue weighted by molar-refractivity contribution is -0.305. The van der Waals surface area contributed by atoms with Crippen molar-refractivity contribution in [2.45, 2.75) is 19.4 Å². The van der Waals surface area contributed by atoms with Crippen LogP contribution in [0.25, 0.3) is 11.0 Å². The van der Waals surface area contributed by atoms with Gasteiger partial charge in [0, 0.05) is 25.4 Å². The van der Waals surface area contributed by atoms with Gasteiger partial charge in [0.05, 0.1) is 25.3 Å². The summed E-state index contributed by atoms with van der Waals surface area (Å²) in [4.78, 5) is 15.5. The lowest BCUT2D eigenvalue weighted by Crippen LogP contribution is -2.24. The van der Waals surface area contributed by atoms with Crippen molar-refractivity contribution in [1.29, 1.82) is 0 Å². The Balaban J connectivity index is 1.97. The summed E-state index contributed by atoms with van der Waals surface area (Å²) < 4.78 is 12.5. The molecule has 1 aromatic heterocycles. The Morgan fingerprint density at radius 2 is 1.88 bits per heavy atom. The van der Waals surface area contributed by atoms with E-state index in [-0.39, 0.29) is 6.42 Å². The SMILES string of the molecule is COc1ccc(Cc2nc3ccccc3n2CCC(=O)[O-])cc1OC. The van der Waals surface area contributed by atoms with Crippen molar-refractivity contribution >= 4 is 17.0 Å². The second-order valence-electron chi connectivity index (χ2n) is 5.66. The summed E-state index contributed by atoms with van der Waals surface area (Å²) in [6.45, 7) is 0.325. The molecule has 1 heterocycles. The number of fused-ring (bicyclic) bond motifs is 1. The quantitative estimate of drug-likeness (QED) is 0.656. The molecule has 0 saturated heterocycles. The van der Waals surface area contributed by atoms with Crippen molar-refractivity contribution in [3.8, 4) is 11.5 Å². The molecular weight excluding hydrogens is 320 g/mol. The van der Waals surface area contributed by atoms with Crippen molar-refractivity contribution in [2.75, 3.05) is 14.2 Å². The first-order valence-corrected chi connectivity index (χ1v) is 7.97. The van der Waals surface area contributed by atoms with Crippen LogP contribution in [0.5, 0.6) is 11.5 Å². The fraction of sp³-hybridized carbons (Fsp3) is 0.263. The Labute approximate surface area is 145 Å². The molecule has 6 heteroatoms. The number of carboxylic acids is 1. The maximum Gasteiger partial charge on any atom is 0.161 e. The fourth-order valence-electron chi connectivity index (χ4n) is 2.89. The van der Waals surface area contributed by atoms with Gasteiger partial charge in [0.2, 0.25) is 0 Å². The minimum Gasteiger partial charge on any atom is -0.550 e. The predicted molar refractivity (Wildman–Crippen MR) is 91.7 cm³/mol. The van der Waals surface area contributed by atoms with E-state index in [2.05, 4.69) is 4.98 Å². The molecule has 0 spiro atoms. The van der Waals surface area contributed by atoms with E-state index in [1.54, 1.807) is 14.2 Å². The lowest BCUT2D eigenvalue weighted by atomic mass is 10.1. The molecule has 0 saturated carbocycles. The highest BCUT2D eigenvalue weighted by molar-refractivity contribution is 5.76. The highest BCUT2D eigenvalue weighted by Crippen LogP contribution is 2.29. The molecule has 0 unspecified atom stereocenters. The van der Waals surface area contributed by atoms with E-state index in [1.807, 2.05) is 47.0 Å². The summed E-state index contributed by atoms with van der Waals surface area (Å²) in [5, 5.41) is 10.9. The number of ether oxygens (including phenoxy) is 2. The molecular formula is C19H19N2O4-. The van der Waals surface area contributed by atoms with E-state index in [4.69, 9.17) is 9.47 Å². The Morgan fingerprint density at radius 3 is 2.60 bits per heavy atom. The number of carbonyl (C=O) groups excluding carboxylic acids is 1. The Kier molecular flexibility index (Phi) is 4.88. The molecule has 2 aromatic carbocycles. The van der Waals surface area contributed by atoms with Crippen LogP contribution in [0, 0.1) is 0 Å². The number of aryl methyl sites for hydroxylation is 1. The second-order valence-corrected chi connectivity index (χ2v) is 5.66. The number of imidazole rings is 1. The maximum absolute atomic E-state index is 10.9. The van der Waals surface area contributed by atoms with Crippen LogP contribution in [0.1, 0.15) is 17.8 Å². The van der Waals surface area contributed by atoms with E-state index >= 15 is 0 Å². The highest BCUT2D eigenvalue weighted by Gasteiger charge is 2.12. The monoisotopic (exact) mass is 339 g/mol. The number of aliphatic carboxylic acids is 1. The normalized spacial score (nSPS) is 10.8. The predicted octanol–water partition coefficient (Wildman–Crippen LogP) is 1.78. The van der Waals surface area contributed by atoms with Crippen LogP contribution in [0.2, 0.25) is 0 Å². The molecule has 0 fully saturated rings. The van der Waals surface area contributed by atoms with Crippen molar-refractivity contribution in [1.82, 2.24) is 9.55 Å². The summed E-state index contributed by atoms with van der Waals surface area (Å²) in [5.74, 6) is 1.04. The lowest BCUT2D eigenvalue weighted by Gasteiger charge is -2.12. The number of para-hydroxylation sites is 2. The average molecular weight is 339 g/mol. The van der Waals surface area contributed by atoms with Crippen LogP contribution in [-0.4, -0.2) is 29.7 Å². The zero-order valence-electron chi connectivity index (χ0n) is 14.2. The van der Waals surface area contributed by atoms with E-state index < -0.39 is 5.97 Å². The number of aromatic nitrogens is 2. The van der Waals surface area contributed by atoms with Gasteiger partial charge in [0.1, 0.15) is 5.82 Å². The fourth-order valence-corrected chi connectivity index (χ4v) is 2.89. The summed E-state index contributed by atoms with van der Waals surface area (Å²) in [5.41, 5.74) is 2.76. The van der Waals surface area contributed by atoms with E-state index in [0.717, 1.165) is 22.4 Å². The third kappa shape index (κ3) is 3.57. The van der Waals surface area contributed by atoms with Crippen LogP contribution in [-0.2, 0) is 17.8 Å². The molecule has 0 aliphatic rings. The zero-order valence-corrected chi connectivity index (χ0v) is 14.2. The van der Waals surface area contributed by atoms with Gasteiger partial charge in [-0.25, -0.2) is 4.98 Å². The maximum atomic E-state index is 10.9. The second kappa shape index (κ2) is 7.25. The molecule has 0 bridgehead atoms. The van der Waals surface area contributed by atoms with Gasteiger partial charge < -0.3 is 23.9 Å². The van der Waals surface area contributed by atoms with Gasteiger partial charge >= 0.3 is 0 Å². The summed E-state index contributed by atoms with van der Waals surface area (Å²) in [6.07, 6.45) is 0.501. The van der Waals surface area contributed by atoms with Gasteiger partial charge in [-0.3, -0.25) is 0 Å². The van der Waals surface area contributed by atoms with Gasteiger partial charge in [-0.15, -0.1) is 0 Å². The van der Waals surface area contributed by atoms with Crippen LogP contribution in [0.15, 0.2) is 42.5 Å². The molecule has 6 nitrogen and oxygen atoms in total. The molecule has 0 atom stereocenters. The molecule has 0 aliphatic heterocycles. The minimum atomic E-state index is -1.07. The van der Waals surface area contributed by atoms with Crippen molar-refractivity contribution in [3.05, 3.63) is 53.9 Å². The van der Waals surface area contributed by atoms with Gasteiger partial charge in [-0.05, 0) is 29.8 Å². The van der Waals surface area contributed by atoms with Crippen molar-refractivity contribution in [2.24, 2.45) is 0 Å². The Hall–Kier alpha value is -3.02. The van der Waals surface area contributed by atoms with Crippen LogP contribution >= 0.6 is 0 Å². The number of nitrogens with zero attached hydrogens (tertiary/aromatic N) is 2. The third-order valence-electron chi connectivity index (χ3n) is 4.08. The average Bonchev–Trinajstić information content (AvgIpc) is 2.96. The Bertz CT molecular complexity index is 902. The standard InChI is InChI=1S/C19H20N2O4/c1-24-16-8-7-13(11-17(16)25-2)12-18-20-14-5-3-4-6-15(14)21(18)10-9-19(22)23/h3-8,11H,9-10,12H2,1-2H3,(H,22,23)/p-1. The van der Waals surface area contributed by atoms with Crippen LogP contribution in [0.3, 0.4) is 0 Å². The van der Waals surface area contributed by atoms with Gasteiger partial charge in [0.25, 0.3) is 0 Å². The van der Waals surface area contributed by atoms with Gasteiger partial charge in [0.15, 0.2) is 11.5 Å². The first-order chi connectivity index (χ1) is 12.1. The van der Waals surface area contributed by atoms with Gasteiger partial charge in [-0.1, -0.05) is 18.2 Å².